The maximum absolute atomic E-state index is 15.0. The Balaban J connectivity index is 2.61. The summed E-state index contributed by atoms with van der Waals surface area (Å²) in [5.41, 5.74) is 74.0. The topological polar surface area (TPSA) is 786 Å². The van der Waals surface area contributed by atoms with E-state index in [0.717, 1.165) is 0 Å². The van der Waals surface area contributed by atoms with E-state index >= 15 is 4.79 Å². The second kappa shape index (κ2) is 53.3. The van der Waals surface area contributed by atoms with Gasteiger partial charge in [-0.1, -0.05) is 100 Å². The third-order valence-electron chi connectivity index (χ3n) is 19.2. The fourth-order valence-electron chi connectivity index (χ4n) is 12.1. The van der Waals surface area contributed by atoms with Gasteiger partial charge >= 0.3 is 5.97 Å². The SMILES string of the molecule is CC[C@H](C)[C@H](NC(=O)[C@H](CCCN=C(N)N)NC(=O)[C@H](Cc1c[nH]c2ccccc12)NC(=O)[C@H](CCCN=C(N)N)NC(=O)[C@@H](N)CCCN=C(N)N)C(=O)N[C@H](C(=O)N[C@H](C(=O)N[C@H](C(=O)N[C@@H](CCCN=C(N)N)C(=O)N[C@H](C(=O)N[C@@H](CCCN=C(N)N)C(=O)N[C@@H](CCCN=C(N)N)C(=O)O)C(C)C)[C@@H](C)CC)C(C)C)C(C)C. The first kappa shape index (κ1) is 102. The zero-order valence-electron chi connectivity index (χ0n) is 69.6. The van der Waals surface area contributed by atoms with Gasteiger partial charge in [0.2, 0.25) is 65.0 Å². The van der Waals surface area contributed by atoms with Gasteiger partial charge in [-0.15, -0.1) is 0 Å². The molecule has 0 aliphatic carbocycles. The molecule has 39 N–H and O–H groups in total. The molecule has 0 unspecified atom stereocenters. The van der Waals surface area contributed by atoms with Crippen LogP contribution in [0.1, 0.15) is 165 Å². The maximum atomic E-state index is 15.0. The lowest BCUT2D eigenvalue weighted by Gasteiger charge is -2.32. The Morgan fingerprint density at radius 2 is 0.593 bits per heavy atom. The Morgan fingerprint density at radius 3 is 0.941 bits per heavy atom. The number of nitrogens with zero attached hydrogens (tertiary/aromatic N) is 6. The lowest BCUT2D eigenvalue weighted by atomic mass is 9.94. The number of nitrogens with two attached hydrogens (primary N) is 13. The van der Waals surface area contributed by atoms with Gasteiger partial charge in [-0.2, -0.15) is 0 Å². The standard InChI is InChI=1S/C74H133N31O13/c1-11-40(9)55(66(115)98-49(27-19-33-92-73(84)85)60(109)101-52(37(3)4)63(112)97-47(25-17-31-90-71(80)81)58(107)99-50(68(117)118)28-20-34-93-74(86)87)105-65(114)54(39(7)8)102-64(113)53(38(5)6)103-67(116)56(41(10)12-2)104-61(110)48(26-18-32-91-72(82)83)96-62(111)51(35-42-36-94-45-23-14-13-21-43(42)45)100-59(108)46(24-16-30-89-70(78)79)95-57(106)44(75)22-15-29-88-69(76)77/h13-14,21,23,36-41,44,46-56,94H,11-12,15-20,22,24-35,75H2,1-10H3,(H,95,106)(H,96,111)(H,97,112)(H,98,115)(H,99,107)(H,100,108)(H,101,109)(H,102,113)(H,103,116)(H,104,110)(H,105,114)(H,117,118)(H4,76,77,88)(H4,78,79,89)(H4,80,81,90)(H4,82,83,91)(H4,84,85,92)(H4,86,87,93)/t40-,41-,44-,46-,47-,48-,49-,50-,51-,52-,53-,54-,55-,56-/m0/s1. The summed E-state index contributed by atoms with van der Waals surface area (Å²) in [6, 6.07) is -9.27. The maximum Gasteiger partial charge on any atom is 0.326 e. The average molecular weight is 1670 g/mol. The summed E-state index contributed by atoms with van der Waals surface area (Å²) in [7, 11) is 0. The highest BCUT2D eigenvalue weighted by atomic mass is 16.4. The number of carboxylic acids is 1. The van der Waals surface area contributed by atoms with Crippen molar-refractivity contribution in [3.8, 4) is 0 Å². The van der Waals surface area contributed by atoms with Crippen LogP contribution in [0.15, 0.2) is 60.4 Å². The Bertz CT molecular complexity index is 3780. The third kappa shape index (κ3) is 38.2. The van der Waals surface area contributed by atoms with Gasteiger partial charge in [-0.25, -0.2) is 4.79 Å². The molecule has 1 heterocycles. The molecule has 11 amide bonds. The number of benzene rings is 1. The summed E-state index contributed by atoms with van der Waals surface area (Å²) in [6.07, 6.45) is 2.75. The number of carbonyl (C=O) groups is 12. The monoisotopic (exact) mass is 1660 g/mol. The van der Waals surface area contributed by atoms with Gasteiger partial charge in [-0.3, -0.25) is 82.7 Å². The molecule has 0 aliphatic heterocycles. The van der Waals surface area contributed by atoms with Gasteiger partial charge in [0.25, 0.3) is 0 Å². The Hall–Kier alpha value is -12.0. The zero-order valence-corrected chi connectivity index (χ0v) is 69.6. The molecule has 1 aromatic heterocycles. The number of carboxylic acid groups (broad SMARTS) is 1. The highest BCUT2D eigenvalue weighted by Gasteiger charge is 2.40. The van der Waals surface area contributed by atoms with Crippen LogP contribution in [0.2, 0.25) is 0 Å². The van der Waals surface area contributed by atoms with E-state index in [1.165, 1.54) is 0 Å². The Morgan fingerprint density at radius 1 is 0.339 bits per heavy atom. The first-order valence-electron chi connectivity index (χ1n) is 39.7. The summed E-state index contributed by atoms with van der Waals surface area (Å²) in [5.74, 6) is -15.2. The van der Waals surface area contributed by atoms with Crippen molar-refractivity contribution >= 4 is 118 Å². The number of carbonyl (C=O) groups excluding carboxylic acids is 11. The van der Waals surface area contributed by atoms with Crippen LogP contribution in [0.25, 0.3) is 10.9 Å². The number of fused-ring (bicyclic) bond motifs is 1. The highest BCUT2D eigenvalue weighted by molar-refractivity contribution is 6.00. The number of nitrogens with one attached hydrogen (secondary N) is 12. The number of aromatic nitrogens is 1. The minimum atomic E-state index is -1.45. The van der Waals surface area contributed by atoms with E-state index in [-0.39, 0.29) is 152 Å². The number of aliphatic imine (C=N–C) groups is 6. The van der Waals surface area contributed by atoms with Crippen molar-refractivity contribution < 1.29 is 62.6 Å². The number of hydrogen-bond donors (Lipinski definition) is 26. The molecule has 2 rings (SSSR count). The predicted octanol–water partition coefficient (Wildman–Crippen LogP) is -6.16. The molecular weight excluding hydrogens is 1530 g/mol. The quantitative estimate of drug-likeness (QED) is 0.0166. The molecule has 44 heteroatoms. The second-order valence-electron chi connectivity index (χ2n) is 30.0. The predicted molar refractivity (Wildman–Crippen MR) is 452 cm³/mol. The van der Waals surface area contributed by atoms with Crippen LogP contribution >= 0.6 is 0 Å². The van der Waals surface area contributed by atoms with Gasteiger partial charge in [0.15, 0.2) is 35.8 Å². The molecule has 0 aliphatic rings. The van der Waals surface area contributed by atoms with E-state index in [4.69, 9.17) is 74.5 Å². The molecule has 0 saturated heterocycles. The number of hydrogen-bond acceptors (Lipinski definition) is 19. The summed E-state index contributed by atoms with van der Waals surface area (Å²) >= 11 is 0. The molecule has 1 aromatic carbocycles. The first-order valence-corrected chi connectivity index (χ1v) is 39.7. The molecule has 0 bridgehead atoms. The van der Waals surface area contributed by atoms with Crippen LogP contribution in [0.4, 0.5) is 0 Å². The molecule has 44 nitrogen and oxygen atoms in total. The number of H-pyrrole nitrogens is 1. The number of rotatable bonds is 56. The molecule has 2 aromatic rings. The summed E-state index contributed by atoms with van der Waals surface area (Å²) in [5, 5.41) is 40.6. The van der Waals surface area contributed by atoms with Gasteiger partial charge in [0.1, 0.15) is 66.5 Å². The third-order valence-corrected chi connectivity index (χ3v) is 19.2. The van der Waals surface area contributed by atoms with E-state index < -0.39 is 173 Å². The molecular formula is C74H133N31O13. The van der Waals surface area contributed by atoms with Gasteiger partial charge in [-0.05, 0) is 118 Å². The van der Waals surface area contributed by atoms with Crippen LogP contribution in [0, 0.1) is 29.6 Å². The van der Waals surface area contributed by atoms with E-state index in [2.05, 4.69) is 93.4 Å². The molecule has 0 saturated carbocycles. The van der Waals surface area contributed by atoms with Crippen LogP contribution in [-0.2, 0) is 64.0 Å². The summed E-state index contributed by atoms with van der Waals surface area (Å²) < 4.78 is 0. The Kier molecular flexibility index (Phi) is 46.1. The number of amides is 11. The minimum Gasteiger partial charge on any atom is -0.480 e. The molecule has 118 heavy (non-hydrogen) atoms. The minimum absolute atomic E-state index is 0.00565. The summed E-state index contributed by atoms with van der Waals surface area (Å²) in [4.78, 5) is 199. The first-order chi connectivity index (χ1) is 55.5. The van der Waals surface area contributed by atoms with E-state index in [9.17, 15) is 57.8 Å². The normalized spacial score (nSPS) is 14.7. The molecule has 0 radical (unpaired) electrons. The largest absolute Gasteiger partial charge is 0.480 e. The van der Waals surface area contributed by atoms with Crippen LogP contribution in [-0.4, -0.2) is 229 Å². The van der Waals surface area contributed by atoms with Crippen molar-refractivity contribution in [2.45, 2.75) is 238 Å². The highest BCUT2D eigenvalue weighted by Crippen LogP contribution is 2.21. The number of aromatic amines is 1. The lowest BCUT2D eigenvalue weighted by Crippen LogP contribution is -2.63. The van der Waals surface area contributed by atoms with Crippen molar-refractivity contribution in [2.75, 3.05) is 39.3 Å². The van der Waals surface area contributed by atoms with Crippen molar-refractivity contribution in [1.82, 2.24) is 63.5 Å². The fraction of sp³-hybridized carbons (Fsp3) is 0.649. The van der Waals surface area contributed by atoms with Crippen LogP contribution in [0.5, 0.6) is 0 Å². The van der Waals surface area contributed by atoms with Gasteiger partial charge in [0, 0.05) is 62.8 Å². The van der Waals surface area contributed by atoms with Crippen molar-refractivity contribution in [1.29, 1.82) is 0 Å². The average Bonchev–Trinajstić information content (AvgIpc) is 1.68. The zero-order chi connectivity index (χ0) is 89.1. The molecule has 14 atom stereocenters. The number of guanidine groups is 6. The van der Waals surface area contributed by atoms with Crippen LogP contribution in [0.3, 0.4) is 0 Å². The van der Waals surface area contributed by atoms with Crippen molar-refractivity contribution in [2.24, 2.45) is 134 Å². The van der Waals surface area contributed by atoms with Gasteiger partial charge < -0.3 is 143 Å². The van der Waals surface area contributed by atoms with E-state index in [1.54, 1.807) is 87.6 Å². The number of aliphatic carboxylic acids is 1. The number of para-hydroxylation sites is 1. The fourth-order valence-corrected chi connectivity index (χ4v) is 12.1. The molecule has 662 valence electrons. The smallest absolute Gasteiger partial charge is 0.326 e. The summed E-state index contributed by atoms with van der Waals surface area (Å²) in [6.45, 7) is 16.9. The second-order valence-corrected chi connectivity index (χ2v) is 30.0. The molecule has 0 fully saturated rings. The van der Waals surface area contributed by atoms with Crippen LogP contribution < -0.4 is 133 Å². The van der Waals surface area contributed by atoms with E-state index in [0.29, 0.717) is 35.7 Å². The van der Waals surface area contributed by atoms with E-state index in [1.807, 2.05) is 12.1 Å². The van der Waals surface area contributed by atoms with Crippen molar-refractivity contribution in [3.05, 3.63) is 36.0 Å². The Labute approximate surface area is 688 Å². The van der Waals surface area contributed by atoms with Gasteiger partial charge in [0.05, 0.1) is 6.04 Å². The lowest BCUT2D eigenvalue weighted by molar-refractivity contribution is -0.142. The molecule has 0 spiro atoms. The van der Waals surface area contributed by atoms with Crippen molar-refractivity contribution in [3.63, 3.8) is 0 Å².